The molecule has 2 amide bonds. The molecule has 5 nitrogen and oxygen atoms in total. The lowest BCUT2D eigenvalue weighted by molar-refractivity contribution is 0.237. The van der Waals surface area contributed by atoms with Gasteiger partial charge in [-0.3, -0.25) is 0 Å². The van der Waals surface area contributed by atoms with Crippen LogP contribution in [0.5, 0.6) is 0 Å². The second-order valence-corrected chi connectivity index (χ2v) is 6.65. The molecule has 0 radical (unpaired) electrons. The van der Waals surface area contributed by atoms with Gasteiger partial charge in [0.1, 0.15) is 5.82 Å². The van der Waals surface area contributed by atoms with Crippen molar-refractivity contribution in [1.82, 2.24) is 20.2 Å². The lowest BCUT2D eigenvalue weighted by Gasteiger charge is -2.14. The molecule has 0 spiro atoms. The van der Waals surface area contributed by atoms with Crippen LogP contribution in [-0.4, -0.2) is 28.2 Å². The topological polar surface area (TPSA) is 59.0 Å². The number of rotatable bonds is 6. The van der Waals surface area contributed by atoms with Crippen LogP contribution in [0.3, 0.4) is 0 Å². The van der Waals surface area contributed by atoms with E-state index in [1.807, 2.05) is 25.1 Å². The fraction of sp³-hybridized carbons (Fsp3) is 0.333. The Morgan fingerprint density at radius 1 is 1.15 bits per heavy atom. The van der Waals surface area contributed by atoms with Crippen LogP contribution in [0.4, 0.5) is 4.79 Å². The average molecular weight is 350 g/mol. The van der Waals surface area contributed by atoms with Crippen LogP contribution < -0.4 is 10.6 Å². The van der Waals surface area contributed by atoms with Gasteiger partial charge in [-0.1, -0.05) is 48.9 Å². The first-order valence-corrected chi connectivity index (χ1v) is 9.15. The Morgan fingerprint density at radius 2 is 1.88 bits per heavy atom. The molecule has 0 aliphatic carbocycles. The molecule has 0 unspecified atom stereocenters. The summed E-state index contributed by atoms with van der Waals surface area (Å²) in [6.45, 7) is 7.33. The number of urea groups is 1. The molecule has 2 aromatic carbocycles. The van der Waals surface area contributed by atoms with Gasteiger partial charge < -0.3 is 15.2 Å². The van der Waals surface area contributed by atoms with E-state index in [0.717, 1.165) is 28.8 Å². The predicted octanol–water partition coefficient (Wildman–Crippen LogP) is 4.11. The third-order valence-electron chi connectivity index (χ3n) is 4.58. The zero-order valence-electron chi connectivity index (χ0n) is 15.6. The Hall–Kier alpha value is -2.82. The Labute approximate surface area is 154 Å². The number of nitrogens with zero attached hydrogens (tertiary/aromatic N) is 2. The molecule has 3 rings (SSSR count). The summed E-state index contributed by atoms with van der Waals surface area (Å²) in [5.74, 6) is 0.926. The number of hydrogen-bond donors (Lipinski definition) is 2. The Balaban J connectivity index is 1.81. The van der Waals surface area contributed by atoms with Crippen LogP contribution in [0.25, 0.3) is 22.4 Å². The van der Waals surface area contributed by atoms with Crippen molar-refractivity contribution in [2.24, 2.45) is 0 Å². The first-order valence-electron chi connectivity index (χ1n) is 9.15. The maximum absolute atomic E-state index is 11.9. The monoisotopic (exact) mass is 350 g/mol. The van der Waals surface area contributed by atoms with Crippen molar-refractivity contribution in [3.05, 3.63) is 54.1 Å². The zero-order valence-corrected chi connectivity index (χ0v) is 15.6. The van der Waals surface area contributed by atoms with Gasteiger partial charge in [0.25, 0.3) is 0 Å². The third kappa shape index (κ3) is 4.04. The molecule has 3 aromatic rings. The molecule has 1 atom stereocenters. The van der Waals surface area contributed by atoms with Crippen molar-refractivity contribution in [3.63, 3.8) is 0 Å². The van der Waals surface area contributed by atoms with Crippen LogP contribution in [-0.2, 0) is 6.54 Å². The largest absolute Gasteiger partial charge is 0.336 e. The van der Waals surface area contributed by atoms with Gasteiger partial charge in [0.2, 0.25) is 0 Å². The highest BCUT2D eigenvalue weighted by atomic mass is 16.2. The van der Waals surface area contributed by atoms with Crippen LogP contribution in [0, 0.1) is 6.92 Å². The highest BCUT2D eigenvalue weighted by Gasteiger charge is 2.12. The summed E-state index contributed by atoms with van der Waals surface area (Å²) >= 11 is 0. The van der Waals surface area contributed by atoms with Gasteiger partial charge in [-0.25, -0.2) is 9.78 Å². The number of carbonyl (C=O) groups is 1. The van der Waals surface area contributed by atoms with Crippen molar-refractivity contribution < 1.29 is 4.79 Å². The minimum atomic E-state index is -0.124. The number of amides is 2. The van der Waals surface area contributed by atoms with Crippen LogP contribution in [0.1, 0.15) is 25.8 Å². The quantitative estimate of drug-likeness (QED) is 0.703. The smallest absolute Gasteiger partial charge is 0.315 e. The molecule has 26 heavy (non-hydrogen) atoms. The van der Waals surface area contributed by atoms with E-state index in [9.17, 15) is 4.79 Å². The number of imidazole rings is 1. The summed E-state index contributed by atoms with van der Waals surface area (Å²) in [5.41, 5.74) is 4.34. The van der Waals surface area contributed by atoms with Gasteiger partial charge in [0.15, 0.2) is 0 Å². The summed E-state index contributed by atoms with van der Waals surface area (Å²) < 4.78 is 2.17. The molecule has 0 saturated carbocycles. The molecule has 0 fully saturated rings. The molecule has 5 heteroatoms. The van der Waals surface area contributed by atoms with E-state index in [2.05, 4.69) is 59.4 Å². The van der Waals surface area contributed by atoms with Crippen LogP contribution in [0.2, 0.25) is 0 Å². The number of aromatic nitrogens is 2. The van der Waals surface area contributed by atoms with Crippen molar-refractivity contribution in [2.75, 3.05) is 6.54 Å². The maximum atomic E-state index is 11.9. The summed E-state index contributed by atoms with van der Waals surface area (Å²) in [7, 11) is 0. The van der Waals surface area contributed by atoms with E-state index in [-0.39, 0.29) is 12.1 Å². The van der Waals surface area contributed by atoms with Gasteiger partial charge in [-0.15, -0.1) is 0 Å². The number of carbonyl (C=O) groups excluding carboxylic acids is 1. The molecule has 1 heterocycles. The van der Waals surface area contributed by atoms with Crippen LogP contribution >= 0.6 is 0 Å². The maximum Gasteiger partial charge on any atom is 0.315 e. The summed E-state index contributed by atoms with van der Waals surface area (Å²) in [6.07, 6.45) is 0.914. The normalized spacial score (nSPS) is 12.1. The van der Waals surface area contributed by atoms with E-state index >= 15 is 0 Å². The minimum absolute atomic E-state index is 0.124. The number of hydrogen-bond acceptors (Lipinski definition) is 2. The summed E-state index contributed by atoms with van der Waals surface area (Å²) in [4.78, 5) is 16.8. The summed E-state index contributed by atoms with van der Waals surface area (Å²) in [5, 5.41) is 5.86. The molecule has 0 saturated heterocycles. The van der Waals surface area contributed by atoms with E-state index in [1.165, 1.54) is 5.56 Å². The number of benzene rings is 2. The molecular weight excluding hydrogens is 324 g/mol. The Bertz CT molecular complexity index is 883. The van der Waals surface area contributed by atoms with E-state index in [0.29, 0.717) is 13.1 Å². The second kappa shape index (κ2) is 8.04. The van der Waals surface area contributed by atoms with Crippen molar-refractivity contribution in [2.45, 2.75) is 39.8 Å². The third-order valence-corrected chi connectivity index (χ3v) is 4.58. The zero-order chi connectivity index (χ0) is 18.5. The van der Waals surface area contributed by atoms with E-state index < -0.39 is 0 Å². The molecule has 2 N–H and O–H groups in total. The van der Waals surface area contributed by atoms with Crippen molar-refractivity contribution in [3.8, 4) is 11.4 Å². The standard InChI is InChI=1S/C21H26N4O/c1-4-16(3)23-21(26)22-13-14-25-19-8-6-5-7-18(19)24-20(25)17-11-9-15(2)10-12-17/h5-12,16H,4,13-14H2,1-3H3,(H2,22,23,26)/t16-/m0/s1. The first kappa shape index (κ1) is 18.0. The minimum Gasteiger partial charge on any atom is -0.336 e. The van der Waals surface area contributed by atoms with Crippen LogP contribution in [0.15, 0.2) is 48.5 Å². The van der Waals surface area contributed by atoms with E-state index in [1.54, 1.807) is 0 Å². The number of nitrogens with one attached hydrogen (secondary N) is 2. The average Bonchev–Trinajstić information content (AvgIpc) is 3.01. The second-order valence-electron chi connectivity index (χ2n) is 6.65. The molecule has 136 valence electrons. The molecule has 0 aliphatic rings. The lowest BCUT2D eigenvalue weighted by Crippen LogP contribution is -2.41. The predicted molar refractivity (Wildman–Crippen MR) is 106 cm³/mol. The number of aryl methyl sites for hydroxylation is 1. The van der Waals surface area contributed by atoms with Crippen molar-refractivity contribution in [1.29, 1.82) is 0 Å². The molecule has 0 bridgehead atoms. The molecule has 1 aromatic heterocycles. The Kier molecular flexibility index (Phi) is 5.56. The first-order chi connectivity index (χ1) is 12.6. The Morgan fingerprint density at radius 3 is 2.62 bits per heavy atom. The lowest BCUT2D eigenvalue weighted by atomic mass is 10.1. The molecular formula is C21H26N4O. The highest BCUT2D eigenvalue weighted by Crippen LogP contribution is 2.24. The van der Waals surface area contributed by atoms with Gasteiger partial charge in [-0.05, 0) is 32.4 Å². The number of fused-ring (bicyclic) bond motifs is 1. The highest BCUT2D eigenvalue weighted by molar-refractivity contribution is 5.80. The fourth-order valence-electron chi connectivity index (χ4n) is 2.88. The van der Waals surface area contributed by atoms with E-state index in [4.69, 9.17) is 4.98 Å². The van der Waals surface area contributed by atoms with Gasteiger partial charge >= 0.3 is 6.03 Å². The fourth-order valence-corrected chi connectivity index (χ4v) is 2.88. The summed E-state index contributed by atoms with van der Waals surface area (Å²) in [6, 6.07) is 16.5. The van der Waals surface area contributed by atoms with Crippen molar-refractivity contribution >= 4 is 17.1 Å². The number of para-hydroxylation sites is 2. The van der Waals surface area contributed by atoms with Gasteiger partial charge in [-0.2, -0.15) is 0 Å². The molecule has 0 aliphatic heterocycles. The van der Waals surface area contributed by atoms with Gasteiger partial charge in [0, 0.05) is 24.7 Å². The van der Waals surface area contributed by atoms with Gasteiger partial charge in [0.05, 0.1) is 11.0 Å². The SMILES string of the molecule is CC[C@H](C)NC(=O)NCCn1c(-c2ccc(C)cc2)nc2ccccc21.